The van der Waals surface area contributed by atoms with Crippen molar-refractivity contribution in [1.82, 2.24) is 0 Å². The molecule has 0 N–H and O–H groups in total. The summed E-state index contributed by atoms with van der Waals surface area (Å²) in [5.41, 5.74) is 0. The summed E-state index contributed by atoms with van der Waals surface area (Å²) >= 11 is 0. The van der Waals surface area contributed by atoms with Gasteiger partial charge in [-0.2, -0.15) is 0 Å². The maximum absolute atomic E-state index is 11.6. The molecule has 0 heterocycles. The number of hydrogen-bond acceptors (Lipinski definition) is 4. The number of rotatable bonds is 4. The van der Waals surface area contributed by atoms with Gasteiger partial charge in [0.1, 0.15) is 5.78 Å². The molecule has 0 aromatic heterocycles. The summed E-state index contributed by atoms with van der Waals surface area (Å²) in [7, 11) is 1.16. The topological polar surface area (TPSA) is 60.4 Å². The lowest BCUT2D eigenvalue weighted by molar-refractivity contribution is -0.156. The summed E-state index contributed by atoms with van der Waals surface area (Å²) in [5.74, 6) is -2.04. The molecule has 1 fully saturated rings. The number of carbonyl (C=O) groups is 3. The van der Waals surface area contributed by atoms with Gasteiger partial charge in [-0.15, -0.1) is 0 Å². The average molecular weight is 226 g/mol. The van der Waals surface area contributed by atoms with Crippen LogP contribution in [-0.4, -0.2) is 24.6 Å². The first-order chi connectivity index (χ1) is 7.60. The third-order valence-corrected chi connectivity index (χ3v) is 3.16. The number of hydrogen-bond donors (Lipinski definition) is 0. The van der Waals surface area contributed by atoms with Gasteiger partial charge in [0.15, 0.2) is 0 Å². The lowest BCUT2D eigenvalue weighted by Crippen LogP contribution is -2.35. The fraction of sp³-hybridized carbons (Fsp3) is 0.750. The molecule has 0 saturated heterocycles. The molecule has 0 aromatic rings. The van der Waals surface area contributed by atoms with E-state index >= 15 is 0 Å². The van der Waals surface area contributed by atoms with Gasteiger partial charge in [0.05, 0.1) is 13.0 Å². The Bertz CT molecular complexity index is 295. The fourth-order valence-corrected chi connectivity index (χ4v) is 2.27. The highest BCUT2D eigenvalue weighted by molar-refractivity contribution is 6.38. The number of Topliss-reactive ketones (excluding diaryl/α,β-unsaturated/α-hetero) is 2. The van der Waals surface area contributed by atoms with E-state index in [1.807, 2.05) is 0 Å². The zero-order valence-electron chi connectivity index (χ0n) is 9.82. The number of ether oxygens (including phenoxy) is 1. The standard InChI is InChI=1S/C12H18O4/c1-3-4-8-5-6-10(13)9(7-8)11(14)12(15)16-2/h8-9H,3-7H2,1-2H3. The van der Waals surface area contributed by atoms with Crippen molar-refractivity contribution in [3.05, 3.63) is 0 Å². The third-order valence-electron chi connectivity index (χ3n) is 3.16. The molecular weight excluding hydrogens is 208 g/mol. The zero-order valence-corrected chi connectivity index (χ0v) is 9.82. The van der Waals surface area contributed by atoms with Crippen molar-refractivity contribution in [2.45, 2.75) is 39.0 Å². The van der Waals surface area contributed by atoms with Crippen molar-refractivity contribution in [3.8, 4) is 0 Å². The van der Waals surface area contributed by atoms with Gasteiger partial charge in [0.25, 0.3) is 0 Å². The number of esters is 1. The van der Waals surface area contributed by atoms with E-state index in [0.29, 0.717) is 18.8 Å². The van der Waals surface area contributed by atoms with Crippen molar-refractivity contribution in [2.75, 3.05) is 7.11 Å². The van der Waals surface area contributed by atoms with E-state index in [2.05, 4.69) is 11.7 Å². The molecular formula is C12H18O4. The van der Waals surface area contributed by atoms with Crippen LogP contribution in [-0.2, 0) is 19.1 Å². The Morgan fingerprint density at radius 1 is 1.44 bits per heavy atom. The summed E-state index contributed by atoms with van der Waals surface area (Å²) in [4.78, 5) is 34.3. The summed E-state index contributed by atoms with van der Waals surface area (Å²) in [6, 6.07) is 0. The van der Waals surface area contributed by atoms with Crippen LogP contribution < -0.4 is 0 Å². The van der Waals surface area contributed by atoms with E-state index in [9.17, 15) is 14.4 Å². The minimum atomic E-state index is -0.893. The van der Waals surface area contributed by atoms with Crippen LogP contribution in [0, 0.1) is 11.8 Å². The molecule has 0 aromatic carbocycles. The molecule has 1 aliphatic carbocycles. The second-order valence-electron chi connectivity index (χ2n) is 4.30. The molecule has 0 spiro atoms. The molecule has 4 nitrogen and oxygen atoms in total. The third kappa shape index (κ3) is 2.90. The molecule has 4 heteroatoms. The Balaban J connectivity index is 2.66. The van der Waals surface area contributed by atoms with Gasteiger partial charge in [-0.25, -0.2) is 4.79 Å². The summed E-state index contributed by atoms with van der Waals surface area (Å²) in [6.07, 6.45) is 3.83. The maximum atomic E-state index is 11.6. The van der Waals surface area contributed by atoms with Crippen LogP contribution in [0.3, 0.4) is 0 Å². The van der Waals surface area contributed by atoms with Crippen molar-refractivity contribution in [2.24, 2.45) is 11.8 Å². The van der Waals surface area contributed by atoms with Gasteiger partial charge in [0, 0.05) is 6.42 Å². The minimum Gasteiger partial charge on any atom is -0.463 e. The quantitative estimate of drug-likeness (QED) is 0.414. The van der Waals surface area contributed by atoms with Crippen LogP contribution in [0.25, 0.3) is 0 Å². The molecule has 16 heavy (non-hydrogen) atoms. The van der Waals surface area contributed by atoms with Crippen LogP contribution in [0.5, 0.6) is 0 Å². The predicted molar refractivity (Wildman–Crippen MR) is 57.8 cm³/mol. The maximum Gasteiger partial charge on any atom is 0.375 e. The number of carbonyl (C=O) groups excluding carboxylic acids is 3. The van der Waals surface area contributed by atoms with Crippen molar-refractivity contribution < 1.29 is 19.1 Å². The van der Waals surface area contributed by atoms with Crippen LogP contribution in [0.15, 0.2) is 0 Å². The van der Waals surface area contributed by atoms with Gasteiger partial charge >= 0.3 is 5.97 Å². The molecule has 1 saturated carbocycles. The van der Waals surface area contributed by atoms with Gasteiger partial charge in [-0.3, -0.25) is 9.59 Å². The average Bonchev–Trinajstić information content (AvgIpc) is 2.30. The Hall–Kier alpha value is -1.19. The normalized spacial score (nSPS) is 25.2. The van der Waals surface area contributed by atoms with E-state index in [0.717, 1.165) is 26.4 Å². The van der Waals surface area contributed by atoms with Gasteiger partial charge in [-0.1, -0.05) is 19.8 Å². The van der Waals surface area contributed by atoms with Crippen LogP contribution in [0.2, 0.25) is 0 Å². The SMILES string of the molecule is CCCC1CCC(=O)C(C(=O)C(=O)OC)C1. The molecule has 0 amide bonds. The molecule has 2 unspecified atom stereocenters. The second-order valence-corrected chi connectivity index (χ2v) is 4.30. The smallest absolute Gasteiger partial charge is 0.375 e. The van der Waals surface area contributed by atoms with E-state index in [-0.39, 0.29) is 5.78 Å². The van der Waals surface area contributed by atoms with Gasteiger partial charge < -0.3 is 4.74 Å². The van der Waals surface area contributed by atoms with Crippen LogP contribution >= 0.6 is 0 Å². The van der Waals surface area contributed by atoms with Crippen molar-refractivity contribution >= 4 is 17.5 Å². The summed E-state index contributed by atoms with van der Waals surface area (Å²) in [6.45, 7) is 2.08. The zero-order chi connectivity index (χ0) is 12.1. The van der Waals surface area contributed by atoms with E-state index < -0.39 is 17.7 Å². The highest BCUT2D eigenvalue weighted by Gasteiger charge is 2.36. The first-order valence-corrected chi connectivity index (χ1v) is 5.75. The Morgan fingerprint density at radius 3 is 2.69 bits per heavy atom. The largest absolute Gasteiger partial charge is 0.463 e. The lowest BCUT2D eigenvalue weighted by Gasteiger charge is -2.26. The van der Waals surface area contributed by atoms with E-state index in [1.165, 1.54) is 0 Å². The van der Waals surface area contributed by atoms with E-state index in [4.69, 9.17) is 0 Å². The molecule has 2 atom stereocenters. The van der Waals surface area contributed by atoms with Crippen LogP contribution in [0.1, 0.15) is 39.0 Å². The van der Waals surface area contributed by atoms with Gasteiger partial charge in [-0.05, 0) is 18.8 Å². The molecule has 1 rings (SSSR count). The highest BCUT2D eigenvalue weighted by atomic mass is 16.5. The molecule has 90 valence electrons. The first kappa shape index (κ1) is 12.9. The summed E-state index contributed by atoms with van der Waals surface area (Å²) < 4.78 is 4.37. The molecule has 0 bridgehead atoms. The summed E-state index contributed by atoms with van der Waals surface area (Å²) in [5, 5.41) is 0. The number of methoxy groups -OCH3 is 1. The lowest BCUT2D eigenvalue weighted by atomic mass is 9.77. The molecule has 0 aliphatic heterocycles. The first-order valence-electron chi connectivity index (χ1n) is 5.75. The van der Waals surface area contributed by atoms with Crippen molar-refractivity contribution in [1.29, 1.82) is 0 Å². The highest BCUT2D eigenvalue weighted by Crippen LogP contribution is 2.30. The van der Waals surface area contributed by atoms with Gasteiger partial charge in [0.2, 0.25) is 5.78 Å². The van der Waals surface area contributed by atoms with Crippen molar-refractivity contribution in [3.63, 3.8) is 0 Å². The van der Waals surface area contributed by atoms with Crippen LogP contribution in [0.4, 0.5) is 0 Å². The Morgan fingerprint density at radius 2 is 2.12 bits per heavy atom. The Kier molecular flexibility index (Phi) is 4.65. The molecule has 0 radical (unpaired) electrons. The fourth-order valence-electron chi connectivity index (χ4n) is 2.27. The second kappa shape index (κ2) is 5.77. The molecule has 1 aliphatic rings. The monoisotopic (exact) mass is 226 g/mol. The Labute approximate surface area is 95.3 Å². The number of ketones is 2. The van der Waals surface area contributed by atoms with E-state index in [1.54, 1.807) is 0 Å². The minimum absolute atomic E-state index is 0.109. The predicted octanol–water partition coefficient (Wildman–Crippen LogP) is 1.51.